The van der Waals surface area contributed by atoms with Crippen molar-refractivity contribution in [3.63, 3.8) is 0 Å². The molecule has 5 rings (SSSR count). The van der Waals surface area contributed by atoms with Crippen LogP contribution >= 0.6 is 0 Å². The van der Waals surface area contributed by atoms with Gasteiger partial charge >= 0.3 is 0 Å². The van der Waals surface area contributed by atoms with Gasteiger partial charge in [-0.2, -0.15) is 5.10 Å². The summed E-state index contributed by atoms with van der Waals surface area (Å²) >= 11 is 0. The fourth-order valence-corrected chi connectivity index (χ4v) is 4.52. The summed E-state index contributed by atoms with van der Waals surface area (Å²) in [5, 5.41) is 7.12. The second kappa shape index (κ2) is 10.5. The zero-order chi connectivity index (χ0) is 21.6. The molecule has 3 aliphatic rings. The van der Waals surface area contributed by atoms with Gasteiger partial charge < -0.3 is 10.6 Å². The molecule has 1 saturated carbocycles. The predicted molar refractivity (Wildman–Crippen MR) is 125 cm³/mol. The third-order valence-electron chi connectivity index (χ3n) is 6.59. The molecule has 2 aromatic rings. The molecule has 0 amide bonds. The first-order valence-electron chi connectivity index (χ1n) is 11.9. The Bertz CT molecular complexity index is 920. The summed E-state index contributed by atoms with van der Waals surface area (Å²) in [7, 11) is 2.21. The minimum atomic E-state index is 0.00772. The third kappa shape index (κ3) is 6.48. The molecule has 0 unspecified atom stereocenters. The number of nitrogens with one attached hydrogen (secondary N) is 1. The van der Waals surface area contributed by atoms with Crippen LogP contribution in [-0.2, 0) is 25.8 Å². The van der Waals surface area contributed by atoms with Crippen molar-refractivity contribution in [2.24, 2.45) is 5.73 Å². The van der Waals surface area contributed by atoms with Crippen LogP contribution in [0.1, 0.15) is 60.1 Å². The summed E-state index contributed by atoms with van der Waals surface area (Å²) in [4.78, 5) is 17.0. The third-order valence-corrected chi connectivity index (χ3v) is 6.59. The molecule has 1 aromatic carbocycles. The second-order valence-electron chi connectivity index (χ2n) is 9.43. The number of benzene rings is 1. The quantitative estimate of drug-likeness (QED) is 0.790. The molecular weight excluding hydrogens is 386 g/mol. The first-order chi connectivity index (χ1) is 15.1. The van der Waals surface area contributed by atoms with Crippen molar-refractivity contribution in [1.82, 2.24) is 20.0 Å². The molecule has 6 heteroatoms. The fourth-order valence-electron chi connectivity index (χ4n) is 4.52. The van der Waals surface area contributed by atoms with Gasteiger partial charge in [-0.15, -0.1) is 0 Å². The zero-order valence-corrected chi connectivity index (χ0v) is 18.9. The number of aromatic amines is 1. The molecule has 1 aromatic heterocycles. The van der Waals surface area contributed by atoms with Crippen LogP contribution in [0.4, 0.5) is 0 Å². The Morgan fingerprint density at radius 3 is 2.55 bits per heavy atom. The Hall–Kier alpha value is -2.02. The summed E-state index contributed by atoms with van der Waals surface area (Å²) < 4.78 is 0. The van der Waals surface area contributed by atoms with E-state index in [2.05, 4.69) is 51.3 Å². The summed E-state index contributed by atoms with van der Waals surface area (Å²) in [6, 6.07) is 9.47. The molecule has 2 aliphatic carbocycles. The van der Waals surface area contributed by atoms with E-state index in [-0.39, 0.29) is 5.56 Å². The van der Waals surface area contributed by atoms with E-state index < -0.39 is 0 Å². The van der Waals surface area contributed by atoms with Crippen LogP contribution in [0.3, 0.4) is 0 Å². The highest BCUT2D eigenvalue weighted by atomic mass is 16.1. The van der Waals surface area contributed by atoms with Crippen molar-refractivity contribution in [1.29, 1.82) is 0 Å². The number of nitrogens with two attached hydrogens (primary N) is 1. The average Bonchev–Trinajstić information content (AvgIpc) is 3.59. The van der Waals surface area contributed by atoms with Gasteiger partial charge in [0.15, 0.2) is 0 Å². The van der Waals surface area contributed by atoms with E-state index in [1.807, 2.05) is 0 Å². The van der Waals surface area contributed by atoms with Crippen LogP contribution in [0.2, 0.25) is 0 Å². The number of aromatic nitrogens is 2. The SMILES string of the molecule is CN1CCCN(Cc2cccc(Cc3n[nH]c(=O)c4c3CCCC4)c2)CC1.NC1CC1. The number of rotatable bonds is 4. The van der Waals surface area contributed by atoms with Gasteiger partial charge in [0.2, 0.25) is 0 Å². The van der Waals surface area contributed by atoms with Crippen LogP contribution in [0.5, 0.6) is 0 Å². The Kier molecular flexibility index (Phi) is 7.54. The van der Waals surface area contributed by atoms with Gasteiger partial charge in [0.25, 0.3) is 5.56 Å². The molecule has 0 spiro atoms. The van der Waals surface area contributed by atoms with Crippen molar-refractivity contribution in [2.45, 2.75) is 64.0 Å². The minimum absolute atomic E-state index is 0.00772. The molecule has 0 atom stereocenters. The van der Waals surface area contributed by atoms with Gasteiger partial charge in [-0.3, -0.25) is 9.69 Å². The molecule has 1 aliphatic heterocycles. The number of nitrogens with zero attached hydrogens (tertiary/aromatic N) is 3. The lowest BCUT2D eigenvalue weighted by Gasteiger charge is -2.21. The van der Waals surface area contributed by atoms with E-state index in [1.54, 1.807) is 0 Å². The second-order valence-corrected chi connectivity index (χ2v) is 9.43. The van der Waals surface area contributed by atoms with Gasteiger partial charge in [-0.25, -0.2) is 5.10 Å². The molecule has 3 N–H and O–H groups in total. The van der Waals surface area contributed by atoms with Gasteiger partial charge in [-0.05, 0) is 81.8 Å². The first-order valence-corrected chi connectivity index (χ1v) is 11.9. The Balaban J connectivity index is 0.000000520. The summed E-state index contributed by atoms with van der Waals surface area (Å²) in [6.07, 6.45) is 8.72. The molecule has 2 heterocycles. The standard InChI is InChI=1S/C22H30N4O.C3H7N/c1-25-10-5-11-26(13-12-25)16-18-7-4-6-17(14-18)15-21-19-8-2-3-9-20(19)22(27)24-23-21;4-3-1-2-3/h4,6-7,14H,2-3,5,8-13,15-16H2,1H3,(H,24,27);3H,1-2,4H2. The van der Waals surface area contributed by atoms with Crippen LogP contribution in [0, 0.1) is 0 Å². The summed E-state index contributed by atoms with van der Waals surface area (Å²) in [5.74, 6) is 0. The number of likely N-dealkylation sites (N-methyl/N-ethyl adjacent to an activating group) is 1. The molecule has 0 bridgehead atoms. The molecule has 31 heavy (non-hydrogen) atoms. The van der Waals surface area contributed by atoms with Gasteiger partial charge in [0, 0.05) is 37.7 Å². The highest BCUT2D eigenvalue weighted by Crippen LogP contribution is 2.22. The highest BCUT2D eigenvalue weighted by molar-refractivity contribution is 5.35. The van der Waals surface area contributed by atoms with Crippen LogP contribution < -0.4 is 11.3 Å². The lowest BCUT2D eigenvalue weighted by Crippen LogP contribution is -2.28. The zero-order valence-electron chi connectivity index (χ0n) is 18.9. The van der Waals surface area contributed by atoms with Crippen molar-refractivity contribution in [3.05, 3.63) is 62.6 Å². The van der Waals surface area contributed by atoms with E-state index in [4.69, 9.17) is 5.73 Å². The number of H-pyrrole nitrogens is 1. The van der Waals surface area contributed by atoms with Gasteiger partial charge in [-0.1, -0.05) is 24.3 Å². The number of hydrogen-bond acceptors (Lipinski definition) is 5. The van der Waals surface area contributed by atoms with Crippen LogP contribution in [0.25, 0.3) is 0 Å². The lowest BCUT2D eigenvalue weighted by molar-refractivity contribution is 0.269. The predicted octanol–water partition coefficient (Wildman–Crippen LogP) is 2.48. The Labute approximate surface area is 185 Å². The summed E-state index contributed by atoms with van der Waals surface area (Å²) in [6.45, 7) is 5.66. The molecule has 6 nitrogen and oxygen atoms in total. The average molecular weight is 424 g/mol. The number of hydrogen-bond donors (Lipinski definition) is 2. The van der Waals surface area contributed by atoms with Crippen molar-refractivity contribution < 1.29 is 0 Å². The maximum Gasteiger partial charge on any atom is 0.267 e. The molecule has 0 radical (unpaired) electrons. The van der Waals surface area contributed by atoms with E-state index in [9.17, 15) is 4.79 Å². The van der Waals surface area contributed by atoms with Gasteiger partial charge in [0.05, 0.1) is 5.69 Å². The Morgan fingerprint density at radius 1 is 1.03 bits per heavy atom. The van der Waals surface area contributed by atoms with Crippen molar-refractivity contribution in [2.75, 3.05) is 33.2 Å². The molecule has 2 fully saturated rings. The largest absolute Gasteiger partial charge is 0.328 e. The first kappa shape index (κ1) is 22.2. The lowest BCUT2D eigenvalue weighted by atomic mass is 9.90. The van der Waals surface area contributed by atoms with Crippen molar-refractivity contribution in [3.8, 4) is 0 Å². The minimum Gasteiger partial charge on any atom is -0.328 e. The topological polar surface area (TPSA) is 78.2 Å². The van der Waals surface area contributed by atoms with E-state index in [0.717, 1.165) is 63.0 Å². The maximum absolute atomic E-state index is 12.1. The van der Waals surface area contributed by atoms with Crippen LogP contribution in [-0.4, -0.2) is 59.3 Å². The number of fused-ring (bicyclic) bond motifs is 1. The monoisotopic (exact) mass is 423 g/mol. The Morgan fingerprint density at radius 2 is 1.77 bits per heavy atom. The smallest absolute Gasteiger partial charge is 0.267 e. The highest BCUT2D eigenvalue weighted by Gasteiger charge is 2.18. The molecule has 168 valence electrons. The normalized spacial score (nSPS) is 19.8. The van der Waals surface area contributed by atoms with E-state index in [1.165, 1.54) is 49.0 Å². The maximum atomic E-state index is 12.1. The summed E-state index contributed by atoms with van der Waals surface area (Å²) in [5.41, 5.74) is 11.1. The van der Waals surface area contributed by atoms with E-state index >= 15 is 0 Å². The molecule has 1 saturated heterocycles. The molecular formula is C25H37N5O. The van der Waals surface area contributed by atoms with E-state index in [0.29, 0.717) is 6.04 Å². The van der Waals surface area contributed by atoms with Crippen molar-refractivity contribution >= 4 is 0 Å². The fraction of sp³-hybridized carbons (Fsp3) is 0.600. The van der Waals surface area contributed by atoms with Gasteiger partial charge in [0.1, 0.15) is 0 Å². The van der Waals surface area contributed by atoms with Crippen LogP contribution in [0.15, 0.2) is 29.1 Å².